The normalized spacial score (nSPS) is 17.9. The van der Waals surface area contributed by atoms with Crippen LogP contribution < -0.4 is 10.1 Å². The van der Waals surface area contributed by atoms with Gasteiger partial charge >= 0.3 is 0 Å². The summed E-state index contributed by atoms with van der Waals surface area (Å²) in [4.78, 5) is 19.3. The monoisotopic (exact) mass is 616 g/mol. The fourth-order valence-electron chi connectivity index (χ4n) is 4.76. The van der Waals surface area contributed by atoms with E-state index in [2.05, 4.69) is 21.2 Å². The summed E-state index contributed by atoms with van der Waals surface area (Å²) in [5, 5.41) is 12.1. The van der Waals surface area contributed by atoms with Gasteiger partial charge in [0.1, 0.15) is 11.6 Å². The van der Waals surface area contributed by atoms with Crippen LogP contribution in [0.15, 0.2) is 113 Å². The summed E-state index contributed by atoms with van der Waals surface area (Å²) in [5.74, 6) is 0.391. The van der Waals surface area contributed by atoms with Crippen LogP contribution in [0.2, 0.25) is 0 Å². The van der Waals surface area contributed by atoms with Gasteiger partial charge in [0, 0.05) is 36.0 Å². The Balaban J connectivity index is 1.53. The van der Waals surface area contributed by atoms with Crippen molar-refractivity contribution in [1.82, 2.24) is 5.32 Å². The Labute approximate surface area is 247 Å². The molecule has 0 saturated heterocycles. The molecule has 1 heterocycles. The average Bonchev–Trinajstić information content (AvgIpc) is 3.38. The first-order chi connectivity index (χ1) is 20.0. The highest BCUT2D eigenvalue weighted by Gasteiger charge is 2.53. The highest BCUT2D eigenvalue weighted by atomic mass is 79.9. The number of benzene rings is 4. The van der Waals surface area contributed by atoms with Gasteiger partial charge in [0.2, 0.25) is 5.90 Å². The molecule has 4 aromatic rings. The molecule has 0 bridgehead atoms. The van der Waals surface area contributed by atoms with Crippen molar-refractivity contribution in [3.8, 4) is 5.75 Å². The number of aliphatic hydroxyl groups excluding tert-OH is 1. The quantitative estimate of drug-likeness (QED) is 0.198. The van der Waals surface area contributed by atoms with Crippen LogP contribution in [0.25, 0.3) is 0 Å². The van der Waals surface area contributed by atoms with Crippen molar-refractivity contribution >= 4 is 27.7 Å². The number of hydrogen-bond donors (Lipinski definition) is 2. The Hall–Kier alpha value is -4.01. The molecule has 4 aromatic carbocycles. The second-order valence-electron chi connectivity index (χ2n) is 9.81. The van der Waals surface area contributed by atoms with E-state index in [1.165, 1.54) is 12.1 Å². The maximum absolute atomic E-state index is 14.2. The number of carbonyl (C=O) groups is 1. The smallest absolute Gasteiger partial charge is 0.252 e. The summed E-state index contributed by atoms with van der Waals surface area (Å²) in [5.41, 5.74) is 1.91. The Morgan fingerprint density at radius 3 is 2.34 bits per heavy atom. The number of halogens is 2. The van der Waals surface area contributed by atoms with Crippen LogP contribution in [0.3, 0.4) is 0 Å². The molecule has 2 N–H and O–H groups in total. The van der Waals surface area contributed by atoms with Gasteiger partial charge in [0.05, 0.1) is 6.61 Å². The number of ether oxygens (including phenoxy) is 2. The van der Waals surface area contributed by atoms with Gasteiger partial charge in [-0.25, -0.2) is 9.38 Å². The van der Waals surface area contributed by atoms with E-state index < -0.39 is 11.6 Å². The molecular formula is C33H30BrFN2O4. The molecule has 0 saturated carbocycles. The molecular weight excluding hydrogens is 587 g/mol. The van der Waals surface area contributed by atoms with Crippen molar-refractivity contribution in [3.63, 3.8) is 0 Å². The van der Waals surface area contributed by atoms with Crippen LogP contribution in [0.5, 0.6) is 5.75 Å². The van der Waals surface area contributed by atoms with E-state index in [1.807, 2.05) is 78.9 Å². The van der Waals surface area contributed by atoms with E-state index in [1.54, 1.807) is 12.1 Å². The Kier molecular flexibility index (Phi) is 9.11. The largest absolute Gasteiger partial charge is 0.494 e. The number of nitrogens with zero attached hydrogens (tertiary/aromatic N) is 1. The standard InChI is InChI=1S/C33H30BrFN2O4/c34-27-13-9-25(10-14-27)30-33(21-23-5-2-1-3-6-23,32(39)36-22-24-7-15-28(35)16-8-24)37-31(41-30)26-11-17-29(18-12-26)40-20-4-19-38/h1-3,5-18,30,38H,4,19-22H2,(H,36,39)/t30-,33-/m1/s1. The number of rotatable bonds is 11. The van der Waals surface area contributed by atoms with Crippen molar-refractivity contribution in [1.29, 1.82) is 0 Å². The molecule has 0 spiro atoms. The zero-order chi connectivity index (χ0) is 28.7. The topological polar surface area (TPSA) is 80.2 Å². The summed E-state index contributed by atoms with van der Waals surface area (Å²) >= 11 is 3.50. The van der Waals surface area contributed by atoms with Crippen molar-refractivity contribution in [2.75, 3.05) is 13.2 Å². The number of amides is 1. The Bertz CT molecular complexity index is 1480. The van der Waals surface area contributed by atoms with Gasteiger partial charge < -0.3 is 19.9 Å². The Morgan fingerprint density at radius 1 is 0.951 bits per heavy atom. The summed E-state index contributed by atoms with van der Waals surface area (Å²) in [6.07, 6.45) is 0.136. The number of hydrogen-bond acceptors (Lipinski definition) is 5. The number of carbonyl (C=O) groups excluding carboxylic acids is 1. The van der Waals surface area contributed by atoms with Crippen LogP contribution in [-0.2, 0) is 22.5 Å². The van der Waals surface area contributed by atoms with E-state index >= 15 is 0 Å². The molecule has 6 nitrogen and oxygen atoms in total. The third-order valence-corrected chi connectivity index (χ3v) is 7.41. The third kappa shape index (κ3) is 6.84. The molecule has 210 valence electrons. The number of aliphatic imine (C=N–C) groups is 1. The molecule has 0 fully saturated rings. The maximum atomic E-state index is 14.2. The molecule has 8 heteroatoms. The van der Waals surface area contributed by atoms with Crippen molar-refractivity contribution in [2.24, 2.45) is 4.99 Å². The zero-order valence-corrected chi connectivity index (χ0v) is 23.9. The van der Waals surface area contributed by atoms with E-state index in [0.717, 1.165) is 21.2 Å². The minimum Gasteiger partial charge on any atom is -0.494 e. The fourth-order valence-corrected chi connectivity index (χ4v) is 5.03. The molecule has 0 radical (unpaired) electrons. The number of nitrogens with one attached hydrogen (secondary N) is 1. The molecule has 1 aliphatic rings. The van der Waals surface area contributed by atoms with Crippen molar-refractivity contribution < 1.29 is 23.8 Å². The van der Waals surface area contributed by atoms with Gasteiger partial charge in [-0.15, -0.1) is 0 Å². The minimum atomic E-state index is -1.32. The Morgan fingerprint density at radius 2 is 1.66 bits per heavy atom. The third-order valence-electron chi connectivity index (χ3n) is 6.89. The van der Waals surface area contributed by atoms with Crippen LogP contribution in [0.4, 0.5) is 4.39 Å². The zero-order valence-electron chi connectivity index (χ0n) is 22.3. The van der Waals surface area contributed by atoms with E-state index in [9.17, 15) is 9.18 Å². The fraction of sp³-hybridized carbons (Fsp3) is 0.212. The van der Waals surface area contributed by atoms with Crippen LogP contribution in [0.1, 0.15) is 34.8 Å². The van der Waals surface area contributed by atoms with E-state index in [-0.39, 0.29) is 24.9 Å². The lowest BCUT2D eigenvalue weighted by atomic mass is 9.82. The summed E-state index contributed by atoms with van der Waals surface area (Å²) in [6.45, 7) is 0.688. The average molecular weight is 618 g/mol. The predicted molar refractivity (Wildman–Crippen MR) is 159 cm³/mol. The molecule has 0 aliphatic carbocycles. The summed E-state index contributed by atoms with van der Waals surface area (Å²) in [7, 11) is 0. The first kappa shape index (κ1) is 28.5. The first-order valence-electron chi connectivity index (χ1n) is 13.4. The van der Waals surface area contributed by atoms with Crippen LogP contribution in [0, 0.1) is 5.82 Å². The van der Waals surface area contributed by atoms with Gasteiger partial charge in [-0.05, 0) is 65.2 Å². The van der Waals surface area contributed by atoms with Gasteiger partial charge in [-0.1, -0.05) is 70.5 Å². The van der Waals surface area contributed by atoms with E-state index in [0.29, 0.717) is 36.7 Å². The summed E-state index contributed by atoms with van der Waals surface area (Å²) < 4.78 is 26.6. The van der Waals surface area contributed by atoms with Gasteiger partial charge in [0.15, 0.2) is 11.6 Å². The minimum absolute atomic E-state index is 0.0624. The molecule has 0 unspecified atom stereocenters. The van der Waals surface area contributed by atoms with Crippen molar-refractivity contribution in [3.05, 3.63) is 136 Å². The van der Waals surface area contributed by atoms with Crippen LogP contribution >= 0.6 is 15.9 Å². The molecule has 2 atom stereocenters. The number of aliphatic hydroxyl groups is 1. The summed E-state index contributed by atoms with van der Waals surface area (Å²) in [6, 6.07) is 30.8. The molecule has 1 amide bonds. The lowest BCUT2D eigenvalue weighted by Crippen LogP contribution is -2.49. The lowest BCUT2D eigenvalue weighted by Gasteiger charge is -2.31. The van der Waals surface area contributed by atoms with Crippen LogP contribution in [-0.4, -0.2) is 35.7 Å². The predicted octanol–water partition coefficient (Wildman–Crippen LogP) is 6.17. The second kappa shape index (κ2) is 13.1. The van der Waals surface area contributed by atoms with Gasteiger partial charge in [-0.2, -0.15) is 0 Å². The first-order valence-corrected chi connectivity index (χ1v) is 14.2. The highest BCUT2D eigenvalue weighted by molar-refractivity contribution is 9.10. The van der Waals surface area contributed by atoms with Crippen molar-refractivity contribution in [2.45, 2.75) is 31.0 Å². The molecule has 5 rings (SSSR count). The SMILES string of the molecule is O=C(NCc1ccc(F)cc1)[C@]1(Cc2ccccc2)N=C(c2ccc(OCCCO)cc2)O[C@@H]1c1ccc(Br)cc1. The highest BCUT2D eigenvalue weighted by Crippen LogP contribution is 2.43. The van der Waals surface area contributed by atoms with Gasteiger partial charge in [-0.3, -0.25) is 4.79 Å². The lowest BCUT2D eigenvalue weighted by molar-refractivity contribution is -0.129. The molecule has 0 aromatic heterocycles. The molecule has 1 aliphatic heterocycles. The van der Waals surface area contributed by atoms with E-state index in [4.69, 9.17) is 19.6 Å². The maximum Gasteiger partial charge on any atom is 0.252 e. The molecule has 41 heavy (non-hydrogen) atoms. The van der Waals surface area contributed by atoms with Gasteiger partial charge in [0.25, 0.3) is 5.91 Å². The second-order valence-corrected chi connectivity index (χ2v) is 10.7.